The molecular weight excluding hydrogens is 224 g/mol. The van der Waals surface area contributed by atoms with Crippen molar-refractivity contribution in [3.05, 3.63) is 0 Å². The molecule has 2 aliphatic rings. The van der Waals surface area contributed by atoms with Crippen LogP contribution in [0.15, 0.2) is 0 Å². The van der Waals surface area contributed by atoms with Crippen molar-refractivity contribution >= 4 is 11.9 Å². The van der Waals surface area contributed by atoms with E-state index in [-0.39, 0.29) is 30.8 Å². The van der Waals surface area contributed by atoms with E-state index < -0.39 is 18.1 Å². The van der Waals surface area contributed by atoms with Gasteiger partial charge >= 0.3 is 5.97 Å². The molecule has 17 heavy (non-hydrogen) atoms. The summed E-state index contributed by atoms with van der Waals surface area (Å²) in [5, 5.41) is 18.5. The maximum absolute atomic E-state index is 12.1. The smallest absolute Gasteiger partial charge is 0.326 e. The van der Waals surface area contributed by atoms with Gasteiger partial charge in [0.05, 0.1) is 6.10 Å². The molecule has 1 amide bonds. The van der Waals surface area contributed by atoms with Gasteiger partial charge in [-0.05, 0) is 19.3 Å². The highest BCUT2D eigenvalue weighted by atomic mass is 16.4. The van der Waals surface area contributed by atoms with Crippen LogP contribution in [0, 0.1) is 5.92 Å². The first-order chi connectivity index (χ1) is 7.99. The van der Waals surface area contributed by atoms with Gasteiger partial charge in [-0.15, -0.1) is 0 Å². The Kier molecular flexibility index (Phi) is 3.35. The first kappa shape index (κ1) is 12.3. The number of carbonyl (C=O) groups excluding carboxylic acids is 1. The summed E-state index contributed by atoms with van der Waals surface area (Å²) in [5.41, 5.74) is 5.75. The molecule has 0 spiro atoms. The zero-order valence-electron chi connectivity index (χ0n) is 9.58. The van der Waals surface area contributed by atoms with E-state index in [2.05, 4.69) is 0 Å². The number of β-amino-alcohol motifs (C(OH)–C–C–N with tert-alkyl or cyclic N) is 1. The van der Waals surface area contributed by atoms with Gasteiger partial charge < -0.3 is 20.8 Å². The molecular formula is C11H18N2O4. The minimum atomic E-state index is -1.04. The van der Waals surface area contributed by atoms with E-state index in [0.717, 1.165) is 12.8 Å². The third kappa shape index (κ3) is 2.42. The van der Waals surface area contributed by atoms with Crippen LogP contribution >= 0.6 is 0 Å². The van der Waals surface area contributed by atoms with Crippen LogP contribution in [0.1, 0.15) is 25.7 Å². The van der Waals surface area contributed by atoms with Gasteiger partial charge in [0.15, 0.2) is 0 Å². The summed E-state index contributed by atoms with van der Waals surface area (Å²) in [6.07, 6.45) is 1.55. The summed E-state index contributed by atoms with van der Waals surface area (Å²) >= 11 is 0. The molecule has 6 heteroatoms. The van der Waals surface area contributed by atoms with Gasteiger partial charge in [0.1, 0.15) is 6.04 Å². The highest BCUT2D eigenvalue weighted by Crippen LogP contribution is 2.29. The fourth-order valence-electron chi connectivity index (χ4n) is 2.77. The van der Waals surface area contributed by atoms with E-state index in [9.17, 15) is 14.7 Å². The van der Waals surface area contributed by atoms with Crippen molar-refractivity contribution in [3.63, 3.8) is 0 Å². The van der Waals surface area contributed by atoms with Crippen molar-refractivity contribution in [1.82, 2.24) is 4.90 Å². The Morgan fingerprint density at radius 3 is 2.47 bits per heavy atom. The van der Waals surface area contributed by atoms with Crippen LogP contribution in [-0.2, 0) is 9.59 Å². The largest absolute Gasteiger partial charge is 0.480 e. The zero-order valence-corrected chi connectivity index (χ0v) is 9.58. The lowest BCUT2D eigenvalue weighted by Crippen LogP contribution is -2.43. The van der Waals surface area contributed by atoms with E-state index in [1.54, 1.807) is 0 Å². The summed E-state index contributed by atoms with van der Waals surface area (Å²) in [4.78, 5) is 24.5. The Labute approximate surface area is 99.4 Å². The Bertz CT molecular complexity index is 333. The molecule has 0 radical (unpaired) electrons. The number of aliphatic carboxylic acids is 1. The second-order valence-corrected chi connectivity index (χ2v) is 5.00. The molecule has 2 fully saturated rings. The summed E-state index contributed by atoms with van der Waals surface area (Å²) in [7, 11) is 0. The maximum Gasteiger partial charge on any atom is 0.326 e. The number of carboxylic acids is 1. The number of carboxylic acid groups (broad SMARTS) is 1. The van der Waals surface area contributed by atoms with Crippen molar-refractivity contribution in [2.24, 2.45) is 11.7 Å². The molecule has 0 bridgehead atoms. The van der Waals surface area contributed by atoms with E-state index in [1.165, 1.54) is 4.90 Å². The summed E-state index contributed by atoms with van der Waals surface area (Å²) in [5.74, 6) is -1.38. The van der Waals surface area contributed by atoms with Crippen molar-refractivity contribution < 1.29 is 19.8 Å². The van der Waals surface area contributed by atoms with E-state index in [1.807, 2.05) is 0 Å². The molecule has 96 valence electrons. The summed E-state index contributed by atoms with van der Waals surface area (Å²) < 4.78 is 0. The Balaban J connectivity index is 2.05. The molecule has 1 aliphatic carbocycles. The van der Waals surface area contributed by atoms with Crippen LogP contribution in [-0.4, -0.2) is 51.7 Å². The zero-order chi connectivity index (χ0) is 12.6. The second kappa shape index (κ2) is 4.62. The van der Waals surface area contributed by atoms with Crippen molar-refractivity contribution in [2.45, 2.75) is 43.9 Å². The molecule has 1 saturated heterocycles. The summed E-state index contributed by atoms with van der Waals surface area (Å²) in [6.45, 7) is 0.127. The van der Waals surface area contributed by atoms with Crippen molar-refractivity contribution in [2.75, 3.05) is 6.54 Å². The average Bonchev–Trinajstić information content (AvgIpc) is 2.83. The van der Waals surface area contributed by atoms with Crippen LogP contribution in [0.3, 0.4) is 0 Å². The monoisotopic (exact) mass is 242 g/mol. The molecule has 1 aliphatic heterocycles. The van der Waals surface area contributed by atoms with Crippen LogP contribution in [0.4, 0.5) is 0 Å². The van der Waals surface area contributed by atoms with Gasteiger partial charge in [-0.2, -0.15) is 0 Å². The number of likely N-dealkylation sites (tertiary alicyclic amines) is 1. The molecule has 0 aromatic rings. The molecule has 0 aromatic carbocycles. The number of aliphatic hydroxyl groups excluding tert-OH is 1. The van der Waals surface area contributed by atoms with Gasteiger partial charge in [-0.1, -0.05) is 0 Å². The van der Waals surface area contributed by atoms with Crippen LogP contribution in [0.2, 0.25) is 0 Å². The quantitative estimate of drug-likeness (QED) is 0.585. The first-order valence-corrected chi connectivity index (χ1v) is 5.96. The van der Waals surface area contributed by atoms with Gasteiger partial charge in [0.2, 0.25) is 5.91 Å². The highest BCUT2D eigenvalue weighted by Gasteiger charge is 2.42. The number of hydrogen-bond donors (Lipinski definition) is 3. The normalized spacial score (nSPS) is 37.4. The number of amides is 1. The van der Waals surface area contributed by atoms with Gasteiger partial charge in [-0.3, -0.25) is 4.79 Å². The lowest BCUT2D eigenvalue weighted by Gasteiger charge is -2.24. The van der Waals surface area contributed by atoms with Gasteiger partial charge in [-0.25, -0.2) is 4.79 Å². The van der Waals surface area contributed by atoms with Crippen LogP contribution in [0.5, 0.6) is 0 Å². The number of aliphatic hydroxyl groups is 1. The SMILES string of the molecule is NC1CCC(C(=O)N2C[C@@H](O)C[C@H]2C(=O)O)C1. The fourth-order valence-corrected chi connectivity index (χ4v) is 2.77. The number of nitrogens with zero attached hydrogens (tertiary/aromatic N) is 1. The average molecular weight is 242 g/mol. The van der Waals surface area contributed by atoms with Crippen LogP contribution in [0.25, 0.3) is 0 Å². The van der Waals surface area contributed by atoms with Gasteiger partial charge in [0.25, 0.3) is 0 Å². The fraction of sp³-hybridized carbons (Fsp3) is 0.818. The van der Waals surface area contributed by atoms with Crippen molar-refractivity contribution in [3.8, 4) is 0 Å². The third-order valence-corrected chi connectivity index (χ3v) is 3.67. The predicted octanol–water partition coefficient (Wildman–Crippen LogP) is -0.840. The number of carbonyl (C=O) groups is 2. The minimum absolute atomic E-state index is 0.0414. The Morgan fingerprint density at radius 2 is 1.94 bits per heavy atom. The van der Waals surface area contributed by atoms with Crippen LogP contribution < -0.4 is 5.73 Å². The van der Waals surface area contributed by atoms with E-state index >= 15 is 0 Å². The third-order valence-electron chi connectivity index (χ3n) is 3.67. The Hall–Kier alpha value is -1.14. The molecule has 1 saturated carbocycles. The van der Waals surface area contributed by atoms with Crippen molar-refractivity contribution in [1.29, 1.82) is 0 Å². The number of hydrogen-bond acceptors (Lipinski definition) is 4. The molecule has 4 N–H and O–H groups in total. The predicted molar refractivity (Wildman–Crippen MR) is 59.1 cm³/mol. The standard InChI is InChI=1S/C11H18N2O4/c12-7-2-1-6(3-7)10(15)13-5-8(14)4-9(13)11(16)17/h6-9,14H,1-5,12H2,(H,16,17)/t6?,7?,8-,9-/m0/s1. The van der Waals surface area contributed by atoms with Gasteiger partial charge in [0, 0.05) is 24.9 Å². The minimum Gasteiger partial charge on any atom is -0.480 e. The first-order valence-electron chi connectivity index (χ1n) is 5.96. The summed E-state index contributed by atoms with van der Waals surface area (Å²) in [6, 6.07) is -0.839. The molecule has 4 atom stereocenters. The molecule has 1 heterocycles. The van der Waals surface area contributed by atoms with E-state index in [4.69, 9.17) is 10.8 Å². The Morgan fingerprint density at radius 1 is 1.24 bits per heavy atom. The number of nitrogens with two attached hydrogens (primary N) is 1. The second-order valence-electron chi connectivity index (χ2n) is 5.00. The molecule has 2 unspecified atom stereocenters. The topological polar surface area (TPSA) is 104 Å². The van der Waals surface area contributed by atoms with E-state index in [0.29, 0.717) is 6.42 Å². The molecule has 2 rings (SSSR count). The number of rotatable bonds is 2. The lowest BCUT2D eigenvalue weighted by molar-refractivity contribution is -0.149. The lowest BCUT2D eigenvalue weighted by atomic mass is 10.1. The molecule has 6 nitrogen and oxygen atoms in total. The highest BCUT2D eigenvalue weighted by molar-refractivity contribution is 5.86. The maximum atomic E-state index is 12.1. The molecule has 0 aromatic heterocycles.